The van der Waals surface area contributed by atoms with Crippen LogP contribution in [-0.2, 0) is 11.2 Å². The highest BCUT2D eigenvalue weighted by molar-refractivity contribution is 5.88. The first-order valence-electron chi connectivity index (χ1n) is 6.89. The Kier molecular flexibility index (Phi) is 3.61. The Balaban J connectivity index is 2.32. The molecule has 0 fully saturated rings. The van der Waals surface area contributed by atoms with Gasteiger partial charge in [0, 0.05) is 11.6 Å². The average Bonchev–Trinajstić information content (AvgIpc) is 2.50. The molecule has 0 aliphatic carbocycles. The fourth-order valence-electron chi connectivity index (χ4n) is 2.49. The lowest BCUT2D eigenvalue weighted by Gasteiger charge is -2.09. The van der Waals surface area contributed by atoms with E-state index in [0.717, 1.165) is 6.07 Å². The van der Waals surface area contributed by atoms with E-state index in [9.17, 15) is 24.9 Å². The molecule has 0 saturated carbocycles. The summed E-state index contributed by atoms with van der Waals surface area (Å²) in [6.45, 7) is 0. The molecule has 7 nitrogen and oxygen atoms in total. The van der Waals surface area contributed by atoms with Crippen LogP contribution in [0.4, 0.5) is 0 Å². The van der Waals surface area contributed by atoms with E-state index < -0.39 is 23.6 Å². The highest BCUT2D eigenvalue weighted by atomic mass is 16.4. The van der Waals surface area contributed by atoms with E-state index in [2.05, 4.69) is 0 Å². The monoisotopic (exact) mass is 328 g/mol. The Morgan fingerprint density at radius 3 is 2.29 bits per heavy atom. The summed E-state index contributed by atoms with van der Waals surface area (Å²) in [4.78, 5) is 23.4. The van der Waals surface area contributed by atoms with Crippen molar-refractivity contribution < 1.29 is 29.6 Å². The van der Waals surface area contributed by atoms with Gasteiger partial charge in [0.05, 0.1) is 11.8 Å². The number of phenols is 2. The molecular weight excluding hydrogens is 316 g/mol. The van der Waals surface area contributed by atoms with Crippen LogP contribution in [0.5, 0.6) is 17.2 Å². The molecule has 24 heavy (non-hydrogen) atoms. The number of phenolic OH excluding ortho intramolecular Hbond substituents is 2. The van der Waals surface area contributed by atoms with Crippen LogP contribution in [0, 0.1) is 0 Å². The second-order valence-corrected chi connectivity index (χ2v) is 5.20. The van der Waals surface area contributed by atoms with Gasteiger partial charge in [0.2, 0.25) is 11.2 Å². The molecule has 3 aromatic rings. The smallest absolute Gasteiger partial charge is 0.307 e. The summed E-state index contributed by atoms with van der Waals surface area (Å²) >= 11 is 0. The third kappa shape index (κ3) is 2.63. The Bertz CT molecular complexity index is 1000. The van der Waals surface area contributed by atoms with Gasteiger partial charge in [0.1, 0.15) is 17.1 Å². The molecule has 1 aromatic heterocycles. The Morgan fingerprint density at radius 1 is 1.00 bits per heavy atom. The van der Waals surface area contributed by atoms with Crippen LogP contribution in [0.15, 0.2) is 45.6 Å². The van der Waals surface area contributed by atoms with Crippen LogP contribution in [0.2, 0.25) is 0 Å². The number of fused-ring (bicyclic) bond motifs is 1. The number of carbonyl (C=O) groups is 1. The summed E-state index contributed by atoms with van der Waals surface area (Å²) in [7, 11) is 0. The number of rotatable bonds is 3. The molecule has 0 aliphatic rings. The maximum absolute atomic E-state index is 12.5. The molecule has 3 rings (SSSR count). The van der Waals surface area contributed by atoms with Crippen molar-refractivity contribution in [3.8, 4) is 28.6 Å². The highest BCUT2D eigenvalue weighted by Crippen LogP contribution is 2.33. The molecule has 0 amide bonds. The van der Waals surface area contributed by atoms with Crippen molar-refractivity contribution in [1.29, 1.82) is 0 Å². The number of hydrogen-bond acceptors (Lipinski definition) is 6. The Morgan fingerprint density at radius 2 is 1.67 bits per heavy atom. The SMILES string of the molecule is O=C(O)Cc1cc(O)cc2oc(-c3ccc(O)cc3)c(O)c(=O)c12. The zero-order chi connectivity index (χ0) is 17.4. The van der Waals surface area contributed by atoms with Gasteiger partial charge in [-0.2, -0.15) is 0 Å². The Hall–Kier alpha value is -3.48. The van der Waals surface area contributed by atoms with Gasteiger partial charge in [-0.1, -0.05) is 0 Å². The fourth-order valence-corrected chi connectivity index (χ4v) is 2.49. The van der Waals surface area contributed by atoms with E-state index in [1.807, 2.05) is 0 Å². The van der Waals surface area contributed by atoms with Gasteiger partial charge < -0.3 is 24.8 Å². The van der Waals surface area contributed by atoms with Crippen molar-refractivity contribution >= 4 is 16.9 Å². The average molecular weight is 328 g/mol. The van der Waals surface area contributed by atoms with E-state index in [1.165, 1.54) is 30.3 Å². The zero-order valence-corrected chi connectivity index (χ0v) is 12.2. The second-order valence-electron chi connectivity index (χ2n) is 5.20. The zero-order valence-electron chi connectivity index (χ0n) is 12.2. The van der Waals surface area contributed by atoms with Gasteiger partial charge in [0.25, 0.3) is 0 Å². The van der Waals surface area contributed by atoms with Crippen LogP contribution in [-0.4, -0.2) is 26.4 Å². The standard InChI is InChI=1S/C17H12O7/c18-10-3-1-8(2-4-10)17-16(23)15(22)14-9(6-13(20)21)5-11(19)7-12(14)24-17/h1-5,7,18-19,23H,6H2,(H,20,21). The van der Waals surface area contributed by atoms with Gasteiger partial charge in [-0.15, -0.1) is 0 Å². The van der Waals surface area contributed by atoms with Gasteiger partial charge in [-0.05, 0) is 35.9 Å². The third-order valence-electron chi connectivity index (χ3n) is 3.51. The van der Waals surface area contributed by atoms with Crippen LogP contribution >= 0.6 is 0 Å². The van der Waals surface area contributed by atoms with E-state index in [1.54, 1.807) is 0 Å². The van der Waals surface area contributed by atoms with Crippen molar-refractivity contribution in [3.05, 3.63) is 52.2 Å². The first kappa shape index (κ1) is 15.4. The summed E-state index contributed by atoms with van der Waals surface area (Å²) in [6.07, 6.45) is -0.506. The van der Waals surface area contributed by atoms with Crippen molar-refractivity contribution in [2.75, 3.05) is 0 Å². The molecule has 0 saturated heterocycles. The van der Waals surface area contributed by atoms with E-state index in [-0.39, 0.29) is 33.8 Å². The minimum Gasteiger partial charge on any atom is -0.508 e. The quantitative estimate of drug-likeness (QED) is 0.580. The van der Waals surface area contributed by atoms with Gasteiger partial charge >= 0.3 is 5.97 Å². The van der Waals surface area contributed by atoms with Gasteiger partial charge in [-0.25, -0.2) is 0 Å². The molecule has 0 aliphatic heterocycles. The van der Waals surface area contributed by atoms with Crippen molar-refractivity contribution in [3.63, 3.8) is 0 Å². The number of aromatic hydroxyl groups is 3. The van der Waals surface area contributed by atoms with Crippen molar-refractivity contribution in [2.45, 2.75) is 6.42 Å². The van der Waals surface area contributed by atoms with E-state index in [0.29, 0.717) is 5.56 Å². The van der Waals surface area contributed by atoms with Crippen molar-refractivity contribution in [2.24, 2.45) is 0 Å². The lowest BCUT2D eigenvalue weighted by atomic mass is 10.0. The summed E-state index contributed by atoms with van der Waals surface area (Å²) in [5.41, 5.74) is -0.459. The second kappa shape index (κ2) is 5.62. The molecule has 0 atom stereocenters. The largest absolute Gasteiger partial charge is 0.508 e. The minimum atomic E-state index is -1.19. The summed E-state index contributed by atoms with van der Waals surface area (Å²) in [6, 6.07) is 7.92. The molecule has 0 radical (unpaired) electrons. The summed E-state index contributed by atoms with van der Waals surface area (Å²) < 4.78 is 5.52. The molecule has 0 spiro atoms. The topological polar surface area (TPSA) is 128 Å². The van der Waals surface area contributed by atoms with Crippen molar-refractivity contribution in [1.82, 2.24) is 0 Å². The molecule has 7 heteroatoms. The first-order valence-corrected chi connectivity index (χ1v) is 6.89. The third-order valence-corrected chi connectivity index (χ3v) is 3.51. The number of carboxylic acid groups (broad SMARTS) is 1. The predicted octanol–water partition coefficient (Wildman–Crippen LogP) is 2.20. The molecule has 0 bridgehead atoms. The molecule has 2 aromatic carbocycles. The molecule has 4 N–H and O–H groups in total. The minimum absolute atomic E-state index is 0.00256. The van der Waals surface area contributed by atoms with Gasteiger partial charge in [-0.3, -0.25) is 9.59 Å². The van der Waals surface area contributed by atoms with Crippen LogP contribution in [0.3, 0.4) is 0 Å². The van der Waals surface area contributed by atoms with E-state index >= 15 is 0 Å². The number of hydrogen-bond donors (Lipinski definition) is 4. The van der Waals surface area contributed by atoms with E-state index in [4.69, 9.17) is 9.52 Å². The summed E-state index contributed by atoms with van der Waals surface area (Å²) in [5, 5.41) is 38.0. The molecular formula is C17H12O7. The van der Waals surface area contributed by atoms with Crippen LogP contribution < -0.4 is 5.43 Å². The normalized spacial score (nSPS) is 10.8. The Labute approximate surface area is 134 Å². The number of aliphatic carboxylic acids is 1. The highest BCUT2D eigenvalue weighted by Gasteiger charge is 2.19. The number of benzene rings is 2. The predicted molar refractivity (Wildman–Crippen MR) is 84.3 cm³/mol. The maximum Gasteiger partial charge on any atom is 0.307 e. The maximum atomic E-state index is 12.5. The fraction of sp³-hybridized carbons (Fsp3) is 0.0588. The van der Waals surface area contributed by atoms with Crippen LogP contribution in [0.25, 0.3) is 22.3 Å². The molecule has 0 unspecified atom stereocenters. The first-order chi connectivity index (χ1) is 11.4. The summed E-state index contributed by atoms with van der Waals surface area (Å²) in [5.74, 6) is -2.26. The molecule has 122 valence electrons. The molecule has 1 heterocycles. The van der Waals surface area contributed by atoms with Crippen LogP contribution in [0.1, 0.15) is 5.56 Å². The number of carboxylic acids is 1. The van der Waals surface area contributed by atoms with Gasteiger partial charge in [0.15, 0.2) is 5.76 Å². The lowest BCUT2D eigenvalue weighted by Crippen LogP contribution is -2.09. The lowest BCUT2D eigenvalue weighted by molar-refractivity contribution is -0.136.